The lowest BCUT2D eigenvalue weighted by atomic mass is 10.1. The number of cyclic esters (lactones) is 1. The van der Waals surface area contributed by atoms with Gasteiger partial charge in [-0.2, -0.15) is 0 Å². The van der Waals surface area contributed by atoms with E-state index in [0.29, 0.717) is 30.5 Å². The number of furan rings is 1. The minimum atomic E-state index is -0.529. The van der Waals surface area contributed by atoms with Crippen LogP contribution in [0.5, 0.6) is 11.5 Å². The molecular formula is C23H18INO5. The first-order chi connectivity index (χ1) is 14.6. The predicted molar refractivity (Wildman–Crippen MR) is 120 cm³/mol. The van der Waals surface area contributed by atoms with Crippen LogP contribution in [0.2, 0.25) is 0 Å². The van der Waals surface area contributed by atoms with E-state index in [1.165, 1.54) is 9.83 Å². The summed E-state index contributed by atoms with van der Waals surface area (Å²) >= 11 is 2.27. The lowest BCUT2D eigenvalue weighted by Gasteiger charge is -2.13. The SMILES string of the molecule is CCOc1cc(/C=C2\N=C(c3ccco3)OC2=O)ccc1OCc1ccc(I)cc1. The fourth-order valence-corrected chi connectivity index (χ4v) is 3.18. The Kier molecular flexibility index (Phi) is 6.18. The number of nitrogens with zero attached hydrogens (tertiary/aromatic N) is 1. The molecular weight excluding hydrogens is 497 g/mol. The van der Waals surface area contributed by atoms with E-state index in [-0.39, 0.29) is 11.6 Å². The van der Waals surface area contributed by atoms with Gasteiger partial charge >= 0.3 is 5.97 Å². The molecule has 1 aromatic heterocycles. The first-order valence-corrected chi connectivity index (χ1v) is 10.4. The lowest BCUT2D eigenvalue weighted by Crippen LogP contribution is -2.04. The summed E-state index contributed by atoms with van der Waals surface area (Å²) in [6, 6.07) is 17.0. The number of aliphatic imine (C=N–C) groups is 1. The minimum Gasteiger partial charge on any atom is -0.490 e. The zero-order valence-corrected chi connectivity index (χ0v) is 18.3. The summed E-state index contributed by atoms with van der Waals surface area (Å²) in [4.78, 5) is 16.4. The smallest absolute Gasteiger partial charge is 0.363 e. The summed E-state index contributed by atoms with van der Waals surface area (Å²) in [5.41, 5.74) is 2.01. The maximum Gasteiger partial charge on any atom is 0.363 e. The molecule has 0 spiro atoms. The number of rotatable bonds is 7. The van der Waals surface area contributed by atoms with Gasteiger partial charge in [0, 0.05) is 3.57 Å². The quantitative estimate of drug-likeness (QED) is 0.246. The zero-order chi connectivity index (χ0) is 20.9. The highest BCUT2D eigenvalue weighted by Gasteiger charge is 2.25. The van der Waals surface area contributed by atoms with Gasteiger partial charge in [-0.1, -0.05) is 18.2 Å². The van der Waals surface area contributed by atoms with Crippen molar-refractivity contribution in [1.29, 1.82) is 0 Å². The molecule has 0 saturated carbocycles. The third kappa shape index (κ3) is 4.73. The number of hydrogen-bond acceptors (Lipinski definition) is 6. The molecule has 2 heterocycles. The predicted octanol–water partition coefficient (Wildman–Crippen LogP) is 5.21. The van der Waals surface area contributed by atoms with Crippen molar-refractivity contribution in [3.8, 4) is 11.5 Å². The van der Waals surface area contributed by atoms with Crippen LogP contribution in [-0.2, 0) is 16.1 Å². The molecule has 0 fully saturated rings. The second-order valence-electron chi connectivity index (χ2n) is 6.37. The third-order valence-electron chi connectivity index (χ3n) is 4.23. The van der Waals surface area contributed by atoms with Crippen molar-refractivity contribution in [2.24, 2.45) is 4.99 Å². The number of halogens is 1. The lowest BCUT2D eigenvalue weighted by molar-refractivity contribution is -0.130. The maximum atomic E-state index is 12.1. The molecule has 6 nitrogen and oxygen atoms in total. The summed E-state index contributed by atoms with van der Waals surface area (Å²) in [6.07, 6.45) is 3.14. The molecule has 30 heavy (non-hydrogen) atoms. The van der Waals surface area contributed by atoms with E-state index in [9.17, 15) is 4.79 Å². The van der Waals surface area contributed by atoms with E-state index in [0.717, 1.165) is 11.1 Å². The van der Waals surface area contributed by atoms with Crippen molar-refractivity contribution >= 4 is 40.5 Å². The van der Waals surface area contributed by atoms with Crippen LogP contribution in [0.25, 0.3) is 6.08 Å². The fraction of sp³-hybridized carbons (Fsp3) is 0.130. The van der Waals surface area contributed by atoms with Crippen LogP contribution in [-0.4, -0.2) is 18.5 Å². The number of ether oxygens (including phenoxy) is 3. The molecule has 0 unspecified atom stereocenters. The van der Waals surface area contributed by atoms with Crippen molar-refractivity contribution in [1.82, 2.24) is 0 Å². The number of carbonyl (C=O) groups excluding carboxylic acids is 1. The van der Waals surface area contributed by atoms with Gasteiger partial charge < -0.3 is 18.6 Å². The fourth-order valence-electron chi connectivity index (χ4n) is 2.82. The number of carbonyl (C=O) groups is 1. The maximum absolute atomic E-state index is 12.1. The highest BCUT2D eigenvalue weighted by atomic mass is 127. The molecule has 152 valence electrons. The summed E-state index contributed by atoms with van der Waals surface area (Å²) in [7, 11) is 0. The Morgan fingerprint density at radius 2 is 1.90 bits per heavy atom. The molecule has 0 aliphatic carbocycles. The van der Waals surface area contributed by atoms with Crippen molar-refractivity contribution in [3.05, 3.63) is 87.0 Å². The Hall–Kier alpha value is -3.07. The van der Waals surface area contributed by atoms with Crippen molar-refractivity contribution in [2.45, 2.75) is 13.5 Å². The molecule has 3 aromatic rings. The monoisotopic (exact) mass is 515 g/mol. The van der Waals surface area contributed by atoms with E-state index in [4.69, 9.17) is 18.6 Å². The molecule has 7 heteroatoms. The topological polar surface area (TPSA) is 70.3 Å². The van der Waals surface area contributed by atoms with E-state index >= 15 is 0 Å². The molecule has 0 amide bonds. The minimum absolute atomic E-state index is 0.152. The Bertz CT molecular complexity index is 1100. The Morgan fingerprint density at radius 3 is 2.63 bits per heavy atom. The second-order valence-corrected chi connectivity index (χ2v) is 7.61. The van der Waals surface area contributed by atoms with Crippen molar-refractivity contribution in [2.75, 3.05) is 6.61 Å². The highest BCUT2D eigenvalue weighted by molar-refractivity contribution is 14.1. The molecule has 0 radical (unpaired) electrons. The first-order valence-electron chi connectivity index (χ1n) is 9.33. The second kappa shape index (κ2) is 9.17. The average Bonchev–Trinajstić information content (AvgIpc) is 3.39. The zero-order valence-electron chi connectivity index (χ0n) is 16.1. The largest absolute Gasteiger partial charge is 0.490 e. The van der Waals surface area contributed by atoms with Crippen LogP contribution >= 0.6 is 22.6 Å². The first kappa shape index (κ1) is 20.2. The van der Waals surface area contributed by atoms with Gasteiger partial charge in [-0.25, -0.2) is 9.79 Å². The Balaban J connectivity index is 1.54. The van der Waals surface area contributed by atoms with Crippen LogP contribution in [0.3, 0.4) is 0 Å². The van der Waals surface area contributed by atoms with E-state index in [1.807, 2.05) is 49.4 Å². The molecule has 4 rings (SSSR count). The summed E-state index contributed by atoms with van der Waals surface area (Å²) < 4.78 is 23.3. The normalized spacial score (nSPS) is 14.5. The van der Waals surface area contributed by atoms with Gasteiger partial charge in [0.2, 0.25) is 0 Å². The van der Waals surface area contributed by atoms with Gasteiger partial charge in [-0.15, -0.1) is 0 Å². The molecule has 1 aliphatic heterocycles. The van der Waals surface area contributed by atoms with Gasteiger partial charge in [0.25, 0.3) is 5.90 Å². The molecule has 2 aromatic carbocycles. The molecule has 0 bridgehead atoms. The Morgan fingerprint density at radius 1 is 1.07 bits per heavy atom. The van der Waals surface area contributed by atoms with Gasteiger partial charge in [0.1, 0.15) is 6.61 Å². The van der Waals surface area contributed by atoms with Crippen LogP contribution in [0.15, 0.2) is 76.0 Å². The van der Waals surface area contributed by atoms with E-state index < -0.39 is 5.97 Å². The van der Waals surface area contributed by atoms with Gasteiger partial charge in [-0.05, 0) is 83.1 Å². The number of benzene rings is 2. The molecule has 0 atom stereocenters. The van der Waals surface area contributed by atoms with Crippen molar-refractivity contribution in [3.63, 3.8) is 0 Å². The molecule has 1 aliphatic rings. The summed E-state index contributed by atoms with van der Waals surface area (Å²) in [5.74, 6) is 1.25. The number of hydrogen-bond donors (Lipinski definition) is 0. The van der Waals surface area contributed by atoms with E-state index in [2.05, 4.69) is 27.6 Å². The Labute approximate surface area is 187 Å². The summed E-state index contributed by atoms with van der Waals surface area (Å²) in [5, 5.41) is 0. The standard InChI is InChI=1S/C23H18INO5/c1-2-27-21-13-16(7-10-19(21)29-14-15-5-8-17(24)9-6-15)12-18-23(26)30-22(25-18)20-4-3-11-28-20/h3-13H,2,14H2,1H3/b18-12-. The highest BCUT2D eigenvalue weighted by Crippen LogP contribution is 2.31. The van der Waals surface area contributed by atoms with Crippen LogP contribution in [0.4, 0.5) is 0 Å². The van der Waals surface area contributed by atoms with Gasteiger partial charge in [0.15, 0.2) is 23.0 Å². The number of esters is 1. The third-order valence-corrected chi connectivity index (χ3v) is 4.95. The van der Waals surface area contributed by atoms with Crippen LogP contribution in [0.1, 0.15) is 23.8 Å². The van der Waals surface area contributed by atoms with Crippen LogP contribution < -0.4 is 9.47 Å². The average molecular weight is 515 g/mol. The molecule has 0 N–H and O–H groups in total. The van der Waals surface area contributed by atoms with Crippen LogP contribution in [0, 0.1) is 3.57 Å². The van der Waals surface area contributed by atoms with Gasteiger partial charge in [-0.3, -0.25) is 0 Å². The van der Waals surface area contributed by atoms with Crippen molar-refractivity contribution < 1.29 is 23.4 Å². The van der Waals surface area contributed by atoms with Gasteiger partial charge in [0.05, 0.1) is 12.9 Å². The molecule has 0 saturated heterocycles. The summed E-state index contributed by atoms with van der Waals surface area (Å²) in [6.45, 7) is 2.83. The van der Waals surface area contributed by atoms with E-state index in [1.54, 1.807) is 18.2 Å².